The van der Waals surface area contributed by atoms with Gasteiger partial charge in [0.1, 0.15) is 0 Å². The van der Waals surface area contributed by atoms with Gasteiger partial charge in [-0.25, -0.2) is 0 Å². The van der Waals surface area contributed by atoms with Gasteiger partial charge in [0, 0.05) is 35.2 Å². The Hall–Kier alpha value is -4.30. The highest BCUT2D eigenvalue weighted by molar-refractivity contribution is 5.97. The molecule has 0 aliphatic rings. The van der Waals surface area contributed by atoms with Gasteiger partial charge < -0.3 is 9.80 Å². The maximum Gasteiger partial charge on any atom is 0.0536 e. The van der Waals surface area contributed by atoms with E-state index in [9.17, 15) is 0 Å². The van der Waals surface area contributed by atoms with Crippen LogP contribution in [0.1, 0.15) is 6.92 Å². The molecular formula is C32H28N2. The molecule has 0 saturated carbocycles. The van der Waals surface area contributed by atoms with Crippen LogP contribution in [0.4, 0.5) is 22.7 Å². The van der Waals surface area contributed by atoms with E-state index in [-0.39, 0.29) is 0 Å². The Balaban J connectivity index is 1.43. The van der Waals surface area contributed by atoms with Crippen molar-refractivity contribution < 1.29 is 0 Å². The highest BCUT2D eigenvalue weighted by Gasteiger charge is 2.13. The van der Waals surface area contributed by atoms with Crippen molar-refractivity contribution >= 4 is 33.5 Å². The predicted octanol–water partition coefficient (Wildman–Crippen LogP) is 8.95. The van der Waals surface area contributed by atoms with Crippen molar-refractivity contribution in [3.8, 4) is 11.1 Å². The summed E-state index contributed by atoms with van der Waals surface area (Å²) < 4.78 is 0. The molecule has 0 N–H and O–H groups in total. The Kier molecular flexibility index (Phi) is 5.88. The second-order valence-electron chi connectivity index (χ2n) is 8.56. The third-order valence-electron chi connectivity index (χ3n) is 6.25. The number of fused-ring (bicyclic) bond motifs is 1. The van der Waals surface area contributed by atoms with Crippen LogP contribution in [0.2, 0.25) is 0 Å². The highest BCUT2D eigenvalue weighted by Crippen LogP contribution is 2.36. The van der Waals surface area contributed by atoms with Crippen LogP contribution in [-0.2, 0) is 0 Å². The first kappa shape index (κ1) is 21.5. The van der Waals surface area contributed by atoms with Gasteiger partial charge in [-0.05, 0) is 65.9 Å². The smallest absolute Gasteiger partial charge is 0.0536 e. The molecule has 0 radical (unpaired) electrons. The molecule has 34 heavy (non-hydrogen) atoms. The molecule has 0 bridgehead atoms. The quantitative estimate of drug-likeness (QED) is 0.260. The maximum atomic E-state index is 4.27. The molecular weight excluding hydrogens is 412 g/mol. The zero-order chi connectivity index (χ0) is 23.5. The first-order valence-electron chi connectivity index (χ1n) is 11.5. The number of hydrogen-bond donors (Lipinski definition) is 0. The maximum absolute atomic E-state index is 4.27. The lowest BCUT2D eigenvalue weighted by Crippen LogP contribution is -2.13. The summed E-state index contributed by atoms with van der Waals surface area (Å²) in [6.45, 7) is 6.32. The number of nitrogens with zero attached hydrogens (tertiary/aromatic N) is 2. The van der Waals surface area contributed by atoms with Gasteiger partial charge in [-0.1, -0.05) is 85.4 Å². The fourth-order valence-electron chi connectivity index (χ4n) is 4.45. The molecule has 0 aliphatic carbocycles. The van der Waals surface area contributed by atoms with Crippen molar-refractivity contribution in [2.45, 2.75) is 6.92 Å². The summed E-state index contributed by atoms with van der Waals surface area (Å²) in [5.41, 5.74) is 7.96. The van der Waals surface area contributed by atoms with E-state index in [2.05, 4.69) is 146 Å². The number of hydrogen-bond acceptors (Lipinski definition) is 2. The largest absolute Gasteiger partial charge is 0.345 e. The average molecular weight is 441 g/mol. The summed E-state index contributed by atoms with van der Waals surface area (Å²) in [5.74, 6) is 0. The van der Waals surface area contributed by atoms with Gasteiger partial charge in [-0.3, -0.25) is 0 Å². The van der Waals surface area contributed by atoms with Gasteiger partial charge in [0.05, 0.1) is 5.69 Å². The molecule has 2 heteroatoms. The molecule has 166 valence electrons. The lowest BCUT2D eigenvalue weighted by atomic mass is 10.0. The van der Waals surface area contributed by atoms with Gasteiger partial charge in [0.25, 0.3) is 0 Å². The second kappa shape index (κ2) is 9.29. The summed E-state index contributed by atoms with van der Waals surface area (Å²) in [5, 5.41) is 2.44. The first-order chi connectivity index (χ1) is 16.6. The second-order valence-corrected chi connectivity index (χ2v) is 8.56. The molecule has 0 heterocycles. The van der Waals surface area contributed by atoms with E-state index in [0.29, 0.717) is 0 Å². The number of benzene rings is 5. The minimum absolute atomic E-state index is 0.984. The van der Waals surface area contributed by atoms with Crippen LogP contribution < -0.4 is 9.80 Å². The number of allylic oxidation sites excluding steroid dienone is 1. The molecule has 0 fully saturated rings. The molecule has 2 nitrogen and oxygen atoms in total. The van der Waals surface area contributed by atoms with Crippen LogP contribution in [0.3, 0.4) is 0 Å². The van der Waals surface area contributed by atoms with Gasteiger partial charge >= 0.3 is 0 Å². The first-order valence-corrected chi connectivity index (χ1v) is 11.5. The molecule has 0 aromatic heterocycles. The molecule has 5 aromatic carbocycles. The lowest BCUT2D eigenvalue weighted by Gasteiger charge is -2.27. The van der Waals surface area contributed by atoms with Crippen molar-refractivity contribution in [3.05, 3.63) is 134 Å². The molecule has 0 spiro atoms. The minimum Gasteiger partial charge on any atom is -0.345 e. The molecule has 0 saturated heterocycles. The van der Waals surface area contributed by atoms with E-state index in [1.54, 1.807) is 0 Å². The van der Waals surface area contributed by atoms with Gasteiger partial charge in [-0.15, -0.1) is 0 Å². The summed E-state index contributed by atoms with van der Waals surface area (Å²) in [4.78, 5) is 4.42. The normalized spacial score (nSPS) is 10.8. The van der Waals surface area contributed by atoms with E-state index in [1.165, 1.54) is 27.6 Å². The van der Waals surface area contributed by atoms with E-state index in [4.69, 9.17) is 0 Å². The van der Waals surface area contributed by atoms with Crippen molar-refractivity contribution in [1.82, 2.24) is 0 Å². The standard InChI is InChI=1S/C32H28N2/c1-24(2)34(32-15-9-11-27-10-7-8-14-31(27)32)30-22-18-26(19-23-30)25-16-20-29(21-17-25)33(3)28-12-5-4-6-13-28/h4-23H,1H2,2-3H3. The third-order valence-corrected chi connectivity index (χ3v) is 6.25. The highest BCUT2D eigenvalue weighted by atomic mass is 15.1. The van der Waals surface area contributed by atoms with Crippen LogP contribution in [0, 0.1) is 0 Å². The molecule has 5 aromatic rings. The van der Waals surface area contributed by atoms with Crippen LogP contribution in [0.25, 0.3) is 21.9 Å². The van der Waals surface area contributed by atoms with Crippen molar-refractivity contribution in [2.24, 2.45) is 0 Å². The van der Waals surface area contributed by atoms with Crippen molar-refractivity contribution in [3.63, 3.8) is 0 Å². The van der Waals surface area contributed by atoms with E-state index < -0.39 is 0 Å². The number of rotatable bonds is 6. The topological polar surface area (TPSA) is 6.48 Å². The summed E-state index contributed by atoms with van der Waals surface area (Å²) in [6.07, 6.45) is 0. The van der Waals surface area contributed by atoms with Gasteiger partial charge in [0.2, 0.25) is 0 Å². The van der Waals surface area contributed by atoms with Crippen molar-refractivity contribution in [2.75, 3.05) is 16.8 Å². The monoisotopic (exact) mass is 440 g/mol. The summed E-state index contributed by atoms with van der Waals surface area (Å²) in [7, 11) is 2.10. The molecule has 0 amide bonds. The van der Waals surface area contributed by atoms with E-state index in [0.717, 1.165) is 22.8 Å². The van der Waals surface area contributed by atoms with Gasteiger partial charge in [0.15, 0.2) is 0 Å². The van der Waals surface area contributed by atoms with Crippen molar-refractivity contribution in [1.29, 1.82) is 0 Å². The van der Waals surface area contributed by atoms with Crippen LogP contribution >= 0.6 is 0 Å². The molecule has 5 rings (SSSR count). The van der Waals surface area contributed by atoms with Crippen LogP contribution in [-0.4, -0.2) is 7.05 Å². The lowest BCUT2D eigenvalue weighted by molar-refractivity contribution is 1.18. The molecule has 0 atom stereocenters. The number of para-hydroxylation sites is 1. The SMILES string of the molecule is C=C(C)N(c1ccc(-c2ccc(N(C)c3ccccc3)cc2)cc1)c1cccc2ccccc12. The van der Waals surface area contributed by atoms with E-state index in [1.807, 2.05) is 6.07 Å². The van der Waals surface area contributed by atoms with E-state index >= 15 is 0 Å². The summed E-state index contributed by atoms with van der Waals surface area (Å²) in [6, 6.07) is 42.8. The minimum atomic E-state index is 0.984. The zero-order valence-electron chi connectivity index (χ0n) is 19.6. The fraction of sp³-hybridized carbons (Fsp3) is 0.0625. The Morgan fingerprint density at radius 2 is 1.09 bits per heavy atom. The van der Waals surface area contributed by atoms with Crippen LogP contribution in [0.15, 0.2) is 134 Å². The number of anilines is 4. The van der Waals surface area contributed by atoms with Crippen LogP contribution in [0.5, 0.6) is 0 Å². The molecule has 0 aliphatic heterocycles. The predicted molar refractivity (Wildman–Crippen MR) is 147 cm³/mol. The average Bonchev–Trinajstić information content (AvgIpc) is 2.89. The Morgan fingerprint density at radius 3 is 1.74 bits per heavy atom. The Labute approximate surface area is 202 Å². The fourth-order valence-corrected chi connectivity index (χ4v) is 4.45. The molecule has 0 unspecified atom stereocenters. The zero-order valence-corrected chi connectivity index (χ0v) is 19.6. The summed E-state index contributed by atoms with van der Waals surface area (Å²) >= 11 is 0. The third kappa shape index (κ3) is 4.18. The van der Waals surface area contributed by atoms with Gasteiger partial charge in [-0.2, -0.15) is 0 Å². The Bertz CT molecular complexity index is 1410. The Morgan fingerprint density at radius 1 is 0.559 bits per heavy atom.